The number of benzene rings is 2. The van der Waals surface area contributed by atoms with Gasteiger partial charge in [-0.3, -0.25) is 14.5 Å². The molecular formula is C27H30F7N3O2. The van der Waals surface area contributed by atoms with Gasteiger partial charge in [0.25, 0.3) is 0 Å². The van der Waals surface area contributed by atoms with Crippen LogP contribution in [0.1, 0.15) is 36.1 Å². The highest BCUT2D eigenvalue weighted by molar-refractivity contribution is 6.08. The zero-order chi connectivity index (χ0) is 29.3. The van der Waals surface area contributed by atoms with E-state index in [4.69, 9.17) is 0 Å². The number of aryl methyl sites for hydroxylation is 2. The first-order valence-electron chi connectivity index (χ1n) is 12.3. The molecule has 2 aromatic rings. The van der Waals surface area contributed by atoms with E-state index in [2.05, 4.69) is 5.32 Å². The van der Waals surface area contributed by atoms with Crippen LogP contribution in [0, 0.1) is 25.2 Å². The molecule has 2 aromatic carbocycles. The van der Waals surface area contributed by atoms with Crippen LogP contribution in [0.4, 0.5) is 42.1 Å². The molecule has 2 atom stereocenters. The molecule has 0 radical (unpaired) electrons. The summed E-state index contributed by atoms with van der Waals surface area (Å²) in [6.07, 6.45) is -10.2. The molecule has 1 N–H and O–H groups in total. The molecule has 1 heterocycles. The summed E-state index contributed by atoms with van der Waals surface area (Å²) in [4.78, 5) is 30.4. The first-order chi connectivity index (χ1) is 18.0. The second kappa shape index (κ2) is 11.1. The Labute approximate surface area is 222 Å². The van der Waals surface area contributed by atoms with Gasteiger partial charge >= 0.3 is 12.4 Å². The molecule has 12 heteroatoms. The molecule has 2 amide bonds. The van der Waals surface area contributed by atoms with Gasteiger partial charge in [0, 0.05) is 31.0 Å². The summed E-state index contributed by atoms with van der Waals surface area (Å²) in [6.45, 7) is 5.91. The largest absolute Gasteiger partial charge is 0.416 e. The number of halogens is 7. The van der Waals surface area contributed by atoms with Crippen LogP contribution in [-0.2, 0) is 21.9 Å². The number of rotatable bonds is 8. The van der Waals surface area contributed by atoms with Gasteiger partial charge in [0.2, 0.25) is 11.8 Å². The number of para-hydroxylation sites is 1. The molecule has 0 spiro atoms. The third-order valence-electron chi connectivity index (χ3n) is 7.27. The number of carbonyl (C=O) groups is 2. The average Bonchev–Trinajstić information content (AvgIpc) is 3.08. The van der Waals surface area contributed by atoms with Crippen molar-refractivity contribution in [2.45, 2.75) is 40.0 Å². The van der Waals surface area contributed by atoms with E-state index in [1.807, 2.05) is 0 Å². The lowest BCUT2D eigenvalue weighted by Crippen LogP contribution is -2.51. The fraction of sp³-hybridized carbons (Fsp3) is 0.481. The molecule has 0 unspecified atom stereocenters. The quantitative estimate of drug-likeness (QED) is 0.389. The van der Waals surface area contributed by atoms with E-state index < -0.39 is 59.0 Å². The second-order valence-electron chi connectivity index (χ2n) is 9.85. The van der Waals surface area contributed by atoms with Gasteiger partial charge in [-0.05, 0) is 49.7 Å². The molecular weight excluding hydrogens is 531 g/mol. The average molecular weight is 562 g/mol. The lowest BCUT2D eigenvalue weighted by molar-refractivity contribution is -0.143. The van der Waals surface area contributed by atoms with Gasteiger partial charge in [0.15, 0.2) is 0 Å². The Balaban J connectivity index is 2.11. The highest BCUT2D eigenvalue weighted by Gasteiger charge is 2.56. The number of hydrogen-bond acceptors (Lipinski definition) is 3. The van der Waals surface area contributed by atoms with Crippen LogP contribution in [0.25, 0.3) is 0 Å². The van der Waals surface area contributed by atoms with Crippen molar-refractivity contribution in [2.24, 2.45) is 11.3 Å². The van der Waals surface area contributed by atoms with E-state index in [1.165, 1.54) is 11.8 Å². The van der Waals surface area contributed by atoms with Crippen molar-refractivity contribution in [2.75, 3.05) is 43.1 Å². The zero-order valence-electron chi connectivity index (χ0n) is 21.9. The standard InChI is InChI=1S/C27H30F7N3O2/c1-5-36(10-9-28)14-25(15-37(23(38)18(25)4)22-16(2)7-6-8-17(22)3)24(39)35-21-12-19(26(29,30)31)11-20(13-21)27(32,33)34/h6-8,11-13,18H,5,9-10,14-15H2,1-4H3,(H,35,39)/t18-,25-/m1/s1. The minimum atomic E-state index is -5.10. The Bertz CT molecular complexity index is 1180. The van der Waals surface area contributed by atoms with Gasteiger partial charge in [-0.1, -0.05) is 32.0 Å². The molecule has 0 bridgehead atoms. The van der Waals surface area contributed by atoms with Crippen LogP contribution < -0.4 is 10.2 Å². The van der Waals surface area contributed by atoms with Gasteiger partial charge in [0.05, 0.1) is 22.5 Å². The number of nitrogens with one attached hydrogen (secondary N) is 1. The smallest absolute Gasteiger partial charge is 0.325 e. The minimum Gasteiger partial charge on any atom is -0.325 e. The predicted molar refractivity (Wildman–Crippen MR) is 133 cm³/mol. The summed E-state index contributed by atoms with van der Waals surface area (Å²) < 4.78 is 93.7. The molecule has 5 nitrogen and oxygen atoms in total. The van der Waals surface area contributed by atoms with Crippen molar-refractivity contribution in [3.63, 3.8) is 0 Å². The van der Waals surface area contributed by atoms with Crippen LogP contribution >= 0.6 is 0 Å². The topological polar surface area (TPSA) is 52.7 Å². The van der Waals surface area contributed by atoms with Crippen LogP contribution in [0.3, 0.4) is 0 Å². The van der Waals surface area contributed by atoms with E-state index >= 15 is 0 Å². The lowest BCUT2D eigenvalue weighted by Gasteiger charge is -2.35. The summed E-state index contributed by atoms with van der Waals surface area (Å²) >= 11 is 0. The normalized spacial score (nSPS) is 20.2. The van der Waals surface area contributed by atoms with Gasteiger partial charge in [0.1, 0.15) is 6.67 Å². The zero-order valence-corrected chi connectivity index (χ0v) is 21.9. The van der Waals surface area contributed by atoms with Crippen LogP contribution in [0.5, 0.6) is 0 Å². The third-order valence-corrected chi connectivity index (χ3v) is 7.27. The van der Waals surface area contributed by atoms with Crippen molar-refractivity contribution in [3.05, 3.63) is 58.7 Å². The maximum Gasteiger partial charge on any atom is 0.416 e. The Morgan fingerprint density at radius 1 is 1.05 bits per heavy atom. The Morgan fingerprint density at radius 2 is 1.59 bits per heavy atom. The Hall–Kier alpha value is -3.15. The summed E-state index contributed by atoms with van der Waals surface area (Å²) in [5.74, 6) is -2.38. The fourth-order valence-electron chi connectivity index (χ4n) is 5.07. The lowest BCUT2D eigenvalue weighted by atomic mass is 9.77. The van der Waals surface area contributed by atoms with Crippen molar-refractivity contribution in [3.8, 4) is 0 Å². The Morgan fingerprint density at radius 3 is 2.05 bits per heavy atom. The van der Waals surface area contributed by atoms with Crippen LogP contribution in [-0.4, -0.2) is 49.6 Å². The minimum absolute atomic E-state index is 0.0318. The van der Waals surface area contributed by atoms with Crippen molar-refractivity contribution in [1.29, 1.82) is 0 Å². The van der Waals surface area contributed by atoms with Gasteiger partial charge in [-0.15, -0.1) is 0 Å². The van der Waals surface area contributed by atoms with Gasteiger partial charge < -0.3 is 10.2 Å². The van der Waals surface area contributed by atoms with Gasteiger partial charge in [-0.2, -0.15) is 26.3 Å². The number of alkyl halides is 7. The maximum atomic E-state index is 13.8. The number of carbonyl (C=O) groups excluding carboxylic acids is 2. The van der Waals surface area contributed by atoms with Crippen molar-refractivity contribution < 1.29 is 40.3 Å². The monoisotopic (exact) mass is 561 g/mol. The maximum absolute atomic E-state index is 13.8. The number of anilines is 2. The van der Waals surface area contributed by atoms with E-state index in [9.17, 15) is 40.3 Å². The molecule has 214 valence electrons. The molecule has 0 saturated carbocycles. The van der Waals surface area contributed by atoms with E-state index in [1.54, 1.807) is 43.9 Å². The number of nitrogens with zero attached hydrogens (tertiary/aromatic N) is 2. The summed E-state index contributed by atoms with van der Waals surface area (Å²) in [6, 6.07) is 6.17. The van der Waals surface area contributed by atoms with Gasteiger partial charge in [-0.25, -0.2) is 4.39 Å². The highest BCUT2D eigenvalue weighted by atomic mass is 19.4. The van der Waals surface area contributed by atoms with Crippen LogP contribution in [0.15, 0.2) is 36.4 Å². The first-order valence-corrected chi connectivity index (χ1v) is 12.3. The Kier molecular flexibility index (Phi) is 8.69. The molecule has 3 rings (SSSR count). The van der Waals surface area contributed by atoms with E-state index in [0.29, 0.717) is 24.4 Å². The number of hydrogen-bond donors (Lipinski definition) is 1. The van der Waals surface area contributed by atoms with Crippen molar-refractivity contribution >= 4 is 23.2 Å². The van der Waals surface area contributed by atoms with Crippen molar-refractivity contribution in [1.82, 2.24) is 4.90 Å². The molecule has 1 aliphatic heterocycles. The molecule has 1 aliphatic rings. The molecule has 1 fully saturated rings. The summed E-state index contributed by atoms with van der Waals surface area (Å²) in [7, 11) is 0. The summed E-state index contributed by atoms with van der Waals surface area (Å²) in [5, 5.41) is 2.24. The van der Waals surface area contributed by atoms with E-state index in [0.717, 1.165) is 11.1 Å². The second-order valence-corrected chi connectivity index (χ2v) is 9.85. The molecule has 1 saturated heterocycles. The SMILES string of the molecule is CCN(CCF)C[C@@]1(C(=O)Nc2cc(C(F)(F)F)cc(C(F)(F)F)c2)CN(c2c(C)cccc2C)C(=O)[C@H]1C. The molecule has 39 heavy (non-hydrogen) atoms. The highest BCUT2D eigenvalue weighted by Crippen LogP contribution is 2.44. The number of amides is 2. The van der Waals surface area contributed by atoms with E-state index in [-0.39, 0.29) is 25.7 Å². The first kappa shape index (κ1) is 30.4. The molecule has 0 aliphatic carbocycles. The fourth-order valence-corrected chi connectivity index (χ4v) is 5.07. The summed E-state index contributed by atoms with van der Waals surface area (Å²) in [5.41, 5.74) is -3.42. The third kappa shape index (κ3) is 6.21. The van der Waals surface area contributed by atoms with Crippen LogP contribution in [0.2, 0.25) is 0 Å². The molecule has 0 aromatic heterocycles. The predicted octanol–water partition coefficient (Wildman–Crippen LogP) is 6.24.